The van der Waals surface area contributed by atoms with E-state index < -0.39 is 0 Å². The molecular formula is C7H12O2. The summed E-state index contributed by atoms with van der Waals surface area (Å²) in [7, 11) is 0. The van der Waals surface area contributed by atoms with Crippen LogP contribution in [0.3, 0.4) is 0 Å². The van der Waals surface area contributed by atoms with Gasteiger partial charge in [-0.1, -0.05) is 6.92 Å². The average molecular weight is 128 g/mol. The summed E-state index contributed by atoms with van der Waals surface area (Å²) in [5.74, 6) is 0.0972. The van der Waals surface area contributed by atoms with Gasteiger partial charge in [0.25, 0.3) is 0 Å². The van der Waals surface area contributed by atoms with Gasteiger partial charge in [0.2, 0.25) is 0 Å². The molecule has 2 nitrogen and oxygen atoms in total. The summed E-state index contributed by atoms with van der Waals surface area (Å²) in [5, 5.41) is 0. The normalized spacial score (nSPS) is 31.0. The summed E-state index contributed by atoms with van der Waals surface area (Å²) >= 11 is 0. The van der Waals surface area contributed by atoms with Gasteiger partial charge in [0.1, 0.15) is 5.60 Å². The minimum absolute atomic E-state index is 0.0394. The van der Waals surface area contributed by atoms with Gasteiger partial charge < -0.3 is 4.74 Å². The molecular weight excluding hydrogens is 116 g/mol. The number of hydrogen-bond donors (Lipinski definition) is 0. The third kappa shape index (κ3) is 0.824. The molecule has 0 amide bonds. The van der Waals surface area contributed by atoms with E-state index in [9.17, 15) is 4.79 Å². The molecule has 1 rings (SSSR count). The van der Waals surface area contributed by atoms with Gasteiger partial charge in [-0.25, -0.2) is 0 Å². The zero-order chi connectivity index (χ0) is 7.07. The molecule has 0 radical (unpaired) electrons. The largest absolute Gasteiger partial charge is 0.458 e. The number of hydrogen-bond acceptors (Lipinski definition) is 2. The number of ether oxygens (including phenoxy) is 1. The second kappa shape index (κ2) is 1.72. The van der Waals surface area contributed by atoms with E-state index in [1.807, 2.05) is 20.8 Å². The predicted molar refractivity (Wildman–Crippen MR) is 34.0 cm³/mol. The zero-order valence-corrected chi connectivity index (χ0v) is 6.10. The van der Waals surface area contributed by atoms with Crippen molar-refractivity contribution in [3.05, 3.63) is 0 Å². The maximum absolute atomic E-state index is 10.7. The quantitative estimate of drug-likeness (QED) is 0.498. The summed E-state index contributed by atoms with van der Waals surface area (Å²) in [4.78, 5) is 10.7. The second-order valence-corrected chi connectivity index (χ2v) is 2.99. The molecule has 0 saturated carbocycles. The van der Waals surface area contributed by atoms with Gasteiger partial charge in [0, 0.05) is 0 Å². The maximum atomic E-state index is 10.7. The Morgan fingerprint density at radius 1 is 1.67 bits per heavy atom. The van der Waals surface area contributed by atoms with E-state index in [1.54, 1.807) is 0 Å². The summed E-state index contributed by atoms with van der Waals surface area (Å²) in [5.41, 5.74) is -0.189. The van der Waals surface area contributed by atoms with Crippen molar-refractivity contribution in [1.82, 2.24) is 0 Å². The van der Waals surface area contributed by atoms with E-state index in [0.717, 1.165) is 6.42 Å². The van der Waals surface area contributed by atoms with Crippen LogP contribution in [-0.2, 0) is 9.53 Å². The Hall–Kier alpha value is -0.530. The fraction of sp³-hybridized carbons (Fsp3) is 0.857. The van der Waals surface area contributed by atoms with Gasteiger partial charge in [0.15, 0.2) is 0 Å². The van der Waals surface area contributed by atoms with Gasteiger partial charge in [-0.3, -0.25) is 4.79 Å². The van der Waals surface area contributed by atoms with Crippen LogP contribution in [-0.4, -0.2) is 11.6 Å². The molecule has 0 spiro atoms. The summed E-state index contributed by atoms with van der Waals surface area (Å²) in [6.45, 7) is 5.90. The van der Waals surface area contributed by atoms with E-state index in [2.05, 4.69) is 0 Å². The molecule has 0 aromatic heterocycles. The Bertz CT molecular complexity index is 138. The van der Waals surface area contributed by atoms with Crippen LogP contribution in [0.15, 0.2) is 0 Å². The van der Waals surface area contributed by atoms with E-state index in [-0.39, 0.29) is 17.5 Å². The van der Waals surface area contributed by atoms with Crippen molar-refractivity contribution >= 4 is 5.97 Å². The lowest BCUT2D eigenvalue weighted by atomic mass is 9.83. The molecule has 52 valence electrons. The SMILES string of the molecule is CC[C@H]1C(=O)OC1(C)C. The smallest absolute Gasteiger partial charge is 0.313 e. The monoisotopic (exact) mass is 128 g/mol. The number of carbonyl (C=O) groups excluding carboxylic acids is 1. The van der Waals surface area contributed by atoms with E-state index >= 15 is 0 Å². The molecule has 0 bridgehead atoms. The minimum atomic E-state index is -0.189. The number of rotatable bonds is 1. The van der Waals surface area contributed by atoms with Crippen molar-refractivity contribution in [2.24, 2.45) is 5.92 Å². The van der Waals surface area contributed by atoms with Gasteiger partial charge in [-0.2, -0.15) is 0 Å². The van der Waals surface area contributed by atoms with Crippen LogP contribution in [0.4, 0.5) is 0 Å². The molecule has 1 aliphatic heterocycles. The lowest BCUT2D eigenvalue weighted by Gasteiger charge is -2.41. The highest BCUT2D eigenvalue weighted by Gasteiger charge is 2.47. The van der Waals surface area contributed by atoms with Gasteiger partial charge >= 0.3 is 5.97 Å². The van der Waals surface area contributed by atoms with Crippen molar-refractivity contribution < 1.29 is 9.53 Å². The lowest BCUT2D eigenvalue weighted by Crippen LogP contribution is -2.52. The molecule has 0 N–H and O–H groups in total. The number of cyclic esters (lactones) is 1. The Morgan fingerprint density at radius 2 is 2.22 bits per heavy atom. The van der Waals surface area contributed by atoms with Gasteiger partial charge in [0.05, 0.1) is 5.92 Å². The molecule has 0 aromatic carbocycles. The molecule has 0 aliphatic carbocycles. The number of carbonyl (C=O) groups is 1. The molecule has 0 aromatic rings. The Labute approximate surface area is 55.2 Å². The molecule has 9 heavy (non-hydrogen) atoms. The van der Waals surface area contributed by atoms with E-state index in [1.165, 1.54) is 0 Å². The van der Waals surface area contributed by atoms with Gasteiger partial charge in [-0.05, 0) is 20.3 Å². The van der Waals surface area contributed by atoms with Crippen molar-refractivity contribution in [2.45, 2.75) is 32.8 Å². The third-order valence-corrected chi connectivity index (χ3v) is 1.90. The Balaban J connectivity index is 2.58. The van der Waals surface area contributed by atoms with Crippen LogP contribution in [0, 0.1) is 5.92 Å². The van der Waals surface area contributed by atoms with Crippen LogP contribution >= 0.6 is 0 Å². The van der Waals surface area contributed by atoms with Crippen molar-refractivity contribution in [3.63, 3.8) is 0 Å². The van der Waals surface area contributed by atoms with Crippen LogP contribution in [0.2, 0.25) is 0 Å². The first-order chi connectivity index (χ1) is 4.08. The Kier molecular flexibility index (Phi) is 1.26. The topological polar surface area (TPSA) is 26.3 Å². The fourth-order valence-corrected chi connectivity index (χ4v) is 1.29. The molecule has 1 aliphatic rings. The highest BCUT2D eigenvalue weighted by molar-refractivity contribution is 5.79. The second-order valence-electron chi connectivity index (χ2n) is 2.99. The first kappa shape index (κ1) is 6.59. The van der Waals surface area contributed by atoms with Crippen LogP contribution < -0.4 is 0 Å². The zero-order valence-electron chi connectivity index (χ0n) is 6.10. The van der Waals surface area contributed by atoms with Crippen LogP contribution in [0.25, 0.3) is 0 Å². The molecule has 1 heterocycles. The van der Waals surface area contributed by atoms with Crippen molar-refractivity contribution in [1.29, 1.82) is 0 Å². The van der Waals surface area contributed by atoms with Crippen molar-refractivity contribution in [3.8, 4) is 0 Å². The van der Waals surface area contributed by atoms with E-state index in [4.69, 9.17) is 4.74 Å². The summed E-state index contributed by atoms with van der Waals surface area (Å²) in [6.07, 6.45) is 0.895. The van der Waals surface area contributed by atoms with E-state index in [0.29, 0.717) is 0 Å². The summed E-state index contributed by atoms with van der Waals surface area (Å²) in [6, 6.07) is 0. The number of esters is 1. The van der Waals surface area contributed by atoms with Crippen molar-refractivity contribution in [2.75, 3.05) is 0 Å². The van der Waals surface area contributed by atoms with Gasteiger partial charge in [-0.15, -0.1) is 0 Å². The molecule has 1 saturated heterocycles. The highest BCUT2D eigenvalue weighted by atomic mass is 16.6. The maximum Gasteiger partial charge on any atom is 0.313 e. The van der Waals surface area contributed by atoms with Crippen LogP contribution in [0.5, 0.6) is 0 Å². The third-order valence-electron chi connectivity index (χ3n) is 1.90. The van der Waals surface area contributed by atoms with Crippen LogP contribution in [0.1, 0.15) is 27.2 Å². The first-order valence-corrected chi connectivity index (χ1v) is 3.31. The minimum Gasteiger partial charge on any atom is -0.458 e. The molecule has 1 fully saturated rings. The fourth-order valence-electron chi connectivity index (χ4n) is 1.29. The Morgan fingerprint density at radius 3 is 2.33 bits per heavy atom. The average Bonchev–Trinajstić information content (AvgIpc) is 1.63. The molecule has 0 unspecified atom stereocenters. The molecule has 2 heteroatoms. The lowest BCUT2D eigenvalue weighted by molar-refractivity contribution is -0.204. The molecule has 1 atom stereocenters. The summed E-state index contributed by atoms with van der Waals surface area (Å²) < 4.78 is 4.89. The first-order valence-electron chi connectivity index (χ1n) is 3.31. The predicted octanol–water partition coefficient (Wildman–Crippen LogP) is 1.35. The standard InChI is InChI=1S/C7H12O2/c1-4-5-6(8)9-7(5,2)3/h5H,4H2,1-3H3/t5-/m0/s1. The highest BCUT2D eigenvalue weighted by Crippen LogP contribution is 2.35.